The van der Waals surface area contributed by atoms with Gasteiger partial charge in [-0.05, 0) is 42.9 Å². The number of hydrogen-bond donors (Lipinski definition) is 0. The quantitative estimate of drug-likeness (QED) is 0.643. The highest BCUT2D eigenvalue weighted by molar-refractivity contribution is 5.78. The molecule has 0 saturated carbocycles. The maximum Gasteiger partial charge on any atom is 0.132 e. The molecular formula is C17H26O2. The van der Waals surface area contributed by atoms with Crippen molar-refractivity contribution in [3.05, 3.63) is 29.8 Å². The van der Waals surface area contributed by atoms with Gasteiger partial charge in [0.25, 0.3) is 0 Å². The SMILES string of the molecule is CCCOc1ccc(C(CC)CCC(=O)CC)cc1. The first kappa shape index (κ1) is 15.7. The van der Waals surface area contributed by atoms with E-state index in [0.717, 1.165) is 31.6 Å². The van der Waals surface area contributed by atoms with Gasteiger partial charge < -0.3 is 4.74 Å². The van der Waals surface area contributed by atoms with Crippen LogP contribution in [0.3, 0.4) is 0 Å². The number of hydrogen-bond acceptors (Lipinski definition) is 2. The van der Waals surface area contributed by atoms with Gasteiger partial charge in [-0.1, -0.05) is 32.9 Å². The van der Waals surface area contributed by atoms with E-state index in [1.54, 1.807) is 0 Å². The molecule has 0 radical (unpaired) electrons. The lowest BCUT2D eigenvalue weighted by atomic mass is 9.91. The van der Waals surface area contributed by atoms with Crippen LogP contribution in [0.5, 0.6) is 5.75 Å². The number of rotatable bonds is 9. The molecule has 0 aliphatic heterocycles. The second-order valence-corrected chi connectivity index (χ2v) is 4.95. The Morgan fingerprint density at radius 1 is 1.16 bits per heavy atom. The summed E-state index contributed by atoms with van der Waals surface area (Å²) >= 11 is 0. The number of benzene rings is 1. The van der Waals surface area contributed by atoms with Crippen LogP contribution < -0.4 is 4.74 Å². The highest BCUT2D eigenvalue weighted by atomic mass is 16.5. The summed E-state index contributed by atoms with van der Waals surface area (Å²) in [5.41, 5.74) is 1.32. The first-order chi connectivity index (χ1) is 9.21. The zero-order valence-corrected chi connectivity index (χ0v) is 12.4. The number of ketones is 1. The Morgan fingerprint density at radius 2 is 1.84 bits per heavy atom. The average molecular weight is 262 g/mol. The van der Waals surface area contributed by atoms with Gasteiger partial charge in [0.15, 0.2) is 0 Å². The molecule has 1 aromatic carbocycles. The lowest BCUT2D eigenvalue weighted by molar-refractivity contribution is -0.118. The number of carbonyl (C=O) groups excluding carboxylic acids is 1. The van der Waals surface area contributed by atoms with E-state index in [0.29, 0.717) is 24.5 Å². The Balaban J connectivity index is 2.58. The monoisotopic (exact) mass is 262 g/mol. The maximum absolute atomic E-state index is 11.4. The molecule has 0 fully saturated rings. The third kappa shape index (κ3) is 5.46. The average Bonchev–Trinajstić information content (AvgIpc) is 2.46. The van der Waals surface area contributed by atoms with Gasteiger partial charge >= 0.3 is 0 Å². The minimum atomic E-state index is 0.362. The predicted molar refractivity (Wildman–Crippen MR) is 79.8 cm³/mol. The molecule has 1 atom stereocenters. The van der Waals surface area contributed by atoms with E-state index in [9.17, 15) is 4.79 Å². The van der Waals surface area contributed by atoms with E-state index >= 15 is 0 Å². The topological polar surface area (TPSA) is 26.3 Å². The molecule has 0 heterocycles. The number of Topliss-reactive ketones (excluding diaryl/α,β-unsaturated/α-hetero) is 1. The zero-order chi connectivity index (χ0) is 14.1. The van der Waals surface area contributed by atoms with Crippen LogP contribution in [-0.4, -0.2) is 12.4 Å². The molecule has 1 aromatic rings. The van der Waals surface area contributed by atoms with Crippen LogP contribution in [0, 0.1) is 0 Å². The van der Waals surface area contributed by atoms with Crippen molar-refractivity contribution in [2.24, 2.45) is 0 Å². The van der Waals surface area contributed by atoms with E-state index in [4.69, 9.17) is 4.74 Å². The first-order valence-corrected chi connectivity index (χ1v) is 7.45. The highest BCUT2D eigenvalue weighted by Gasteiger charge is 2.11. The van der Waals surface area contributed by atoms with Gasteiger partial charge in [-0.25, -0.2) is 0 Å². The lowest BCUT2D eigenvalue weighted by Crippen LogP contribution is -2.03. The highest BCUT2D eigenvalue weighted by Crippen LogP contribution is 2.26. The molecule has 0 aliphatic carbocycles. The molecule has 19 heavy (non-hydrogen) atoms. The molecule has 1 rings (SSSR count). The molecule has 0 N–H and O–H groups in total. The van der Waals surface area contributed by atoms with Gasteiger partial charge in [0, 0.05) is 12.8 Å². The Kier molecular flexibility index (Phi) is 7.24. The van der Waals surface area contributed by atoms with Crippen molar-refractivity contribution in [1.29, 1.82) is 0 Å². The summed E-state index contributed by atoms with van der Waals surface area (Å²) in [6.45, 7) is 6.99. The fraction of sp³-hybridized carbons (Fsp3) is 0.588. The molecule has 2 nitrogen and oxygen atoms in total. The van der Waals surface area contributed by atoms with Gasteiger partial charge in [0.2, 0.25) is 0 Å². The summed E-state index contributed by atoms with van der Waals surface area (Å²) in [4.78, 5) is 11.4. The van der Waals surface area contributed by atoms with Gasteiger partial charge in [-0.15, -0.1) is 0 Å². The smallest absolute Gasteiger partial charge is 0.132 e. The molecule has 2 heteroatoms. The molecule has 0 aromatic heterocycles. The second-order valence-electron chi connectivity index (χ2n) is 4.95. The first-order valence-electron chi connectivity index (χ1n) is 7.45. The normalized spacial score (nSPS) is 12.2. The molecule has 106 valence electrons. The van der Waals surface area contributed by atoms with Crippen molar-refractivity contribution in [2.75, 3.05) is 6.61 Å². The predicted octanol–water partition coefficient (Wildman–Crippen LogP) is 4.73. The Bertz CT molecular complexity index is 367. The standard InChI is InChI=1S/C17H26O2/c1-4-13-19-17-11-8-15(9-12-17)14(5-2)7-10-16(18)6-3/h8-9,11-12,14H,4-7,10,13H2,1-3H3. The molecule has 1 unspecified atom stereocenters. The molecule has 0 bridgehead atoms. The van der Waals surface area contributed by atoms with Crippen molar-refractivity contribution in [3.63, 3.8) is 0 Å². The molecule has 0 aliphatic rings. The summed E-state index contributed by atoms with van der Waals surface area (Å²) < 4.78 is 5.59. The summed E-state index contributed by atoms with van der Waals surface area (Å²) in [6, 6.07) is 8.34. The van der Waals surface area contributed by atoms with Gasteiger partial charge in [-0.2, -0.15) is 0 Å². The molecular weight excluding hydrogens is 236 g/mol. The van der Waals surface area contributed by atoms with Crippen molar-refractivity contribution in [3.8, 4) is 5.75 Å². The van der Waals surface area contributed by atoms with Gasteiger partial charge in [-0.3, -0.25) is 4.79 Å². The van der Waals surface area contributed by atoms with Gasteiger partial charge in [0.1, 0.15) is 11.5 Å². The van der Waals surface area contributed by atoms with Crippen molar-refractivity contribution >= 4 is 5.78 Å². The van der Waals surface area contributed by atoms with Crippen molar-refractivity contribution in [2.45, 2.75) is 58.8 Å². The van der Waals surface area contributed by atoms with E-state index in [1.165, 1.54) is 5.56 Å². The van der Waals surface area contributed by atoms with E-state index in [2.05, 4.69) is 26.0 Å². The van der Waals surface area contributed by atoms with E-state index in [-0.39, 0.29) is 0 Å². The molecule has 0 spiro atoms. The van der Waals surface area contributed by atoms with Crippen LogP contribution in [0.1, 0.15) is 64.4 Å². The minimum Gasteiger partial charge on any atom is -0.494 e. The fourth-order valence-electron chi connectivity index (χ4n) is 2.17. The summed E-state index contributed by atoms with van der Waals surface area (Å²) in [5, 5.41) is 0. The third-order valence-corrected chi connectivity index (χ3v) is 3.48. The van der Waals surface area contributed by atoms with E-state index < -0.39 is 0 Å². The lowest BCUT2D eigenvalue weighted by Gasteiger charge is -2.15. The summed E-state index contributed by atoms with van der Waals surface area (Å²) in [6.07, 6.45) is 4.41. The molecule has 0 amide bonds. The number of carbonyl (C=O) groups is 1. The third-order valence-electron chi connectivity index (χ3n) is 3.48. The second kappa shape index (κ2) is 8.73. The van der Waals surface area contributed by atoms with Gasteiger partial charge in [0.05, 0.1) is 6.61 Å². The van der Waals surface area contributed by atoms with Crippen LogP contribution in [0.25, 0.3) is 0 Å². The van der Waals surface area contributed by atoms with Crippen LogP contribution >= 0.6 is 0 Å². The Hall–Kier alpha value is -1.31. The van der Waals surface area contributed by atoms with Crippen LogP contribution in [0.4, 0.5) is 0 Å². The maximum atomic E-state index is 11.4. The number of ether oxygens (including phenoxy) is 1. The minimum absolute atomic E-state index is 0.362. The largest absolute Gasteiger partial charge is 0.494 e. The fourth-order valence-corrected chi connectivity index (χ4v) is 2.17. The zero-order valence-electron chi connectivity index (χ0n) is 12.4. The molecule has 0 saturated heterocycles. The van der Waals surface area contributed by atoms with Crippen LogP contribution in [0.2, 0.25) is 0 Å². The Morgan fingerprint density at radius 3 is 2.37 bits per heavy atom. The Labute approximate surface area is 117 Å². The van der Waals surface area contributed by atoms with E-state index in [1.807, 2.05) is 19.1 Å². The summed E-state index contributed by atoms with van der Waals surface area (Å²) in [5.74, 6) is 1.78. The van der Waals surface area contributed by atoms with Crippen LogP contribution in [-0.2, 0) is 4.79 Å². The van der Waals surface area contributed by atoms with Crippen LogP contribution in [0.15, 0.2) is 24.3 Å². The van der Waals surface area contributed by atoms with Crippen molar-refractivity contribution in [1.82, 2.24) is 0 Å². The summed E-state index contributed by atoms with van der Waals surface area (Å²) in [7, 11) is 0. The van der Waals surface area contributed by atoms with Crippen molar-refractivity contribution < 1.29 is 9.53 Å².